The van der Waals surface area contributed by atoms with Crippen molar-refractivity contribution in [2.45, 2.75) is 44.2 Å². The van der Waals surface area contributed by atoms with E-state index in [0.717, 1.165) is 41.4 Å². The predicted octanol–water partition coefficient (Wildman–Crippen LogP) is 5.77. The van der Waals surface area contributed by atoms with Crippen LogP contribution >= 0.6 is 28.1 Å². The number of aliphatic imine (C=N–C) groups is 1. The molecule has 0 aromatic heterocycles. The number of carbonyl (C=O) groups excluding carboxylic acids is 1. The fourth-order valence-corrected chi connectivity index (χ4v) is 4.70. The van der Waals surface area contributed by atoms with Crippen LogP contribution in [0.15, 0.2) is 64.1 Å². The van der Waals surface area contributed by atoms with Gasteiger partial charge < -0.3 is 0 Å². The molecule has 1 fully saturated rings. The van der Waals surface area contributed by atoms with Crippen LogP contribution < -0.4 is 0 Å². The van der Waals surface area contributed by atoms with Gasteiger partial charge in [0.05, 0.1) is 0 Å². The summed E-state index contributed by atoms with van der Waals surface area (Å²) in [7, 11) is 0. The van der Waals surface area contributed by atoms with Crippen LogP contribution in [0.4, 0.5) is 0 Å². The van der Waals surface area contributed by atoms with Crippen LogP contribution in [-0.4, -0.2) is 27.2 Å². The number of benzene rings is 2. The highest BCUT2D eigenvalue weighted by molar-refractivity contribution is 9.10. The minimum absolute atomic E-state index is 0.0518. The summed E-state index contributed by atoms with van der Waals surface area (Å²) in [6.45, 7) is 0. The van der Waals surface area contributed by atoms with Crippen LogP contribution in [0, 0.1) is 0 Å². The first-order chi connectivity index (χ1) is 13.1. The van der Waals surface area contributed by atoms with Crippen molar-refractivity contribution in [2.24, 2.45) is 4.99 Å². The Morgan fingerprint density at radius 2 is 1.59 bits per heavy atom. The first-order valence-corrected chi connectivity index (χ1v) is 10.6. The molecule has 0 atom stereocenters. The molecule has 1 saturated carbocycles. The summed E-state index contributed by atoms with van der Waals surface area (Å²) in [4.78, 5) is 20.9. The molecule has 3 nitrogen and oxygen atoms in total. The summed E-state index contributed by atoms with van der Waals surface area (Å²) >= 11 is 9.25. The van der Waals surface area contributed by atoms with Gasteiger partial charge in [0.2, 0.25) is 0 Å². The Hall–Kier alpha value is -1.85. The van der Waals surface area contributed by atoms with E-state index in [9.17, 15) is 4.79 Å². The van der Waals surface area contributed by atoms with Crippen molar-refractivity contribution in [3.63, 3.8) is 0 Å². The Balaban J connectivity index is 1.78. The average molecular weight is 441 g/mol. The third-order valence-corrected chi connectivity index (χ3v) is 6.29. The lowest BCUT2D eigenvalue weighted by Gasteiger charge is -2.35. The zero-order valence-electron chi connectivity index (χ0n) is 15.0. The van der Waals surface area contributed by atoms with E-state index in [0.29, 0.717) is 10.6 Å². The standard InChI is InChI=1S/C22H21BrN2OS/c23-18-12-10-17(11-13-18)20(26)25-21(27)19(16-8-4-3-5-9-16)24-22(25)14-6-1-2-7-15-22/h3-5,8-13H,1-2,6-7,14-15H2. The second-order valence-electron chi connectivity index (χ2n) is 7.18. The summed E-state index contributed by atoms with van der Waals surface area (Å²) in [5, 5.41) is 0. The highest BCUT2D eigenvalue weighted by Crippen LogP contribution is 2.40. The molecule has 0 radical (unpaired) electrons. The summed E-state index contributed by atoms with van der Waals surface area (Å²) in [6, 6.07) is 17.5. The summed E-state index contributed by atoms with van der Waals surface area (Å²) in [5.41, 5.74) is 1.87. The summed E-state index contributed by atoms with van der Waals surface area (Å²) in [6.07, 6.45) is 6.24. The zero-order valence-corrected chi connectivity index (χ0v) is 17.4. The van der Waals surface area contributed by atoms with Gasteiger partial charge in [0.1, 0.15) is 16.4 Å². The minimum atomic E-state index is -0.539. The highest BCUT2D eigenvalue weighted by atomic mass is 79.9. The summed E-state index contributed by atoms with van der Waals surface area (Å²) < 4.78 is 0.952. The average Bonchev–Trinajstić information content (AvgIpc) is 2.82. The van der Waals surface area contributed by atoms with E-state index in [1.807, 2.05) is 54.6 Å². The second kappa shape index (κ2) is 7.64. The lowest BCUT2D eigenvalue weighted by Crippen LogP contribution is -2.49. The lowest BCUT2D eigenvalue weighted by atomic mass is 9.99. The second-order valence-corrected chi connectivity index (χ2v) is 8.48. The maximum atomic E-state index is 13.5. The molecule has 0 saturated heterocycles. The Kier molecular flexibility index (Phi) is 5.24. The van der Waals surface area contributed by atoms with Crippen molar-refractivity contribution < 1.29 is 4.79 Å². The molecule has 4 rings (SSSR count). The Bertz CT molecular complexity index is 884. The third kappa shape index (κ3) is 3.50. The number of amides is 1. The fourth-order valence-electron chi connectivity index (χ4n) is 4.02. The molecule has 0 bridgehead atoms. The van der Waals surface area contributed by atoms with Gasteiger partial charge in [-0.3, -0.25) is 14.7 Å². The van der Waals surface area contributed by atoms with Crippen LogP contribution in [0.1, 0.15) is 54.4 Å². The molecule has 1 spiro atoms. The van der Waals surface area contributed by atoms with Gasteiger partial charge in [-0.2, -0.15) is 0 Å². The highest BCUT2D eigenvalue weighted by Gasteiger charge is 2.48. The molecule has 27 heavy (non-hydrogen) atoms. The van der Waals surface area contributed by atoms with Crippen molar-refractivity contribution in [3.8, 4) is 0 Å². The quantitative estimate of drug-likeness (QED) is 0.554. The number of hydrogen-bond acceptors (Lipinski definition) is 3. The van der Waals surface area contributed by atoms with E-state index in [1.54, 1.807) is 4.90 Å². The molecule has 138 valence electrons. The van der Waals surface area contributed by atoms with Gasteiger partial charge in [-0.05, 0) is 49.9 Å². The van der Waals surface area contributed by atoms with Gasteiger partial charge in [0.15, 0.2) is 0 Å². The molecule has 2 aliphatic rings. The number of thiocarbonyl (C=S) groups is 1. The monoisotopic (exact) mass is 440 g/mol. The van der Waals surface area contributed by atoms with Crippen LogP contribution in [0.2, 0.25) is 0 Å². The van der Waals surface area contributed by atoms with E-state index in [4.69, 9.17) is 17.2 Å². The van der Waals surface area contributed by atoms with Crippen molar-refractivity contribution in [3.05, 3.63) is 70.2 Å². The van der Waals surface area contributed by atoms with Crippen molar-refractivity contribution in [1.29, 1.82) is 0 Å². The van der Waals surface area contributed by atoms with E-state index < -0.39 is 5.66 Å². The van der Waals surface area contributed by atoms with E-state index in [1.165, 1.54) is 12.8 Å². The van der Waals surface area contributed by atoms with Crippen molar-refractivity contribution in [1.82, 2.24) is 4.90 Å². The fraction of sp³-hybridized carbons (Fsp3) is 0.318. The van der Waals surface area contributed by atoms with Crippen LogP contribution in [0.25, 0.3) is 0 Å². The number of rotatable bonds is 2. The zero-order chi connectivity index (χ0) is 18.9. The SMILES string of the molecule is O=C(c1ccc(Br)cc1)N1C(=S)C(c2ccccc2)=NC12CCCCCC2. The van der Waals surface area contributed by atoms with Gasteiger partial charge in [-0.15, -0.1) is 0 Å². The molecule has 0 unspecified atom stereocenters. The molecular formula is C22H21BrN2OS. The molecule has 2 aromatic rings. The predicted molar refractivity (Wildman–Crippen MR) is 116 cm³/mol. The lowest BCUT2D eigenvalue weighted by molar-refractivity contribution is 0.0692. The van der Waals surface area contributed by atoms with Gasteiger partial charge in [0, 0.05) is 15.6 Å². The topological polar surface area (TPSA) is 32.7 Å². The molecule has 1 amide bonds. The summed E-state index contributed by atoms with van der Waals surface area (Å²) in [5.74, 6) is -0.0518. The van der Waals surface area contributed by atoms with E-state index in [-0.39, 0.29) is 5.91 Å². The van der Waals surface area contributed by atoms with E-state index in [2.05, 4.69) is 15.9 Å². The van der Waals surface area contributed by atoms with Gasteiger partial charge >= 0.3 is 0 Å². The van der Waals surface area contributed by atoms with Crippen LogP contribution in [-0.2, 0) is 0 Å². The van der Waals surface area contributed by atoms with Gasteiger partial charge in [-0.25, -0.2) is 0 Å². The number of hydrogen-bond donors (Lipinski definition) is 0. The largest absolute Gasteiger partial charge is 0.271 e. The maximum absolute atomic E-state index is 13.5. The maximum Gasteiger partial charge on any atom is 0.260 e. The third-order valence-electron chi connectivity index (χ3n) is 5.39. The molecule has 2 aromatic carbocycles. The normalized spacial score (nSPS) is 19.1. The van der Waals surface area contributed by atoms with Gasteiger partial charge in [-0.1, -0.05) is 71.3 Å². The first kappa shape index (κ1) is 18.5. The Morgan fingerprint density at radius 3 is 2.22 bits per heavy atom. The number of halogens is 1. The number of nitrogens with zero attached hydrogens (tertiary/aromatic N) is 2. The molecular weight excluding hydrogens is 420 g/mol. The van der Waals surface area contributed by atoms with Crippen molar-refractivity contribution in [2.75, 3.05) is 0 Å². The molecule has 1 heterocycles. The van der Waals surface area contributed by atoms with Crippen molar-refractivity contribution >= 4 is 44.8 Å². The first-order valence-electron chi connectivity index (χ1n) is 9.40. The Morgan fingerprint density at radius 1 is 0.963 bits per heavy atom. The molecule has 1 aliphatic carbocycles. The number of carbonyl (C=O) groups is 1. The molecule has 1 aliphatic heterocycles. The molecule has 5 heteroatoms. The minimum Gasteiger partial charge on any atom is -0.271 e. The van der Waals surface area contributed by atoms with Gasteiger partial charge in [0.25, 0.3) is 5.91 Å². The Labute approximate surface area is 173 Å². The smallest absolute Gasteiger partial charge is 0.260 e. The molecule has 0 N–H and O–H groups in total. The van der Waals surface area contributed by atoms with E-state index >= 15 is 0 Å². The van der Waals surface area contributed by atoms with Crippen LogP contribution in [0.5, 0.6) is 0 Å². The van der Waals surface area contributed by atoms with Crippen LogP contribution in [0.3, 0.4) is 0 Å².